The van der Waals surface area contributed by atoms with E-state index in [1.54, 1.807) is 0 Å². The molecule has 1 unspecified atom stereocenters. The van der Waals surface area contributed by atoms with Crippen LogP contribution in [-0.2, 0) is 56.3 Å². The van der Waals surface area contributed by atoms with E-state index < -0.39 is 0 Å². The van der Waals surface area contributed by atoms with E-state index in [0.29, 0.717) is 62.4 Å². The molecule has 0 amide bonds. The molecule has 4 N–H and O–H groups in total. The second-order valence-electron chi connectivity index (χ2n) is 23.2. The lowest BCUT2D eigenvalue weighted by Crippen LogP contribution is -2.34. The highest BCUT2D eigenvalue weighted by Crippen LogP contribution is 2.41. The number of benzene rings is 4. The molecule has 0 spiro atoms. The highest BCUT2D eigenvalue weighted by Gasteiger charge is 2.27. The summed E-state index contributed by atoms with van der Waals surface area (Å²) in [5.74, 6) is 1.60. The molecule has 0 aliphatic rings. The smallest absolute Gasteiger partial charge is 0.127 e. The zero-order chi connectivity index (χ0) is 52.6. The number of allylic oxidation sites excluding steroid dienone is 2. The third-order valence-corrected chi connectivity index (χ3v) is 14.5. The summed E-state index contributed by atoms with van der Waals surface area (Å²) in [6.07, 6.45) is 14.8. The average molecular weight is 972 g/mol. The van der Waals surface area contributed by atoms with E-state index >= 15 is 0 Å². The van der Waals surface area contributed by atoms with Crippen LogP contribution in [0.25, 0.3) is 11.1 Å². The van der Waals surface area contributed by atoms with Crippen molar-refractivity contribution in [2.24, 2.45) is 0 Å². The Morgan fingerprint density at radius 3 is 1.41 bits per heavy atom. The fourth-order valence-corrected chi connectivity index (χ4v) is 10.2. The summed E-state index contributed by atoms with van der Waals surface area (Å²) in [4.78, 5) is 4.77. The third kappa shape index (κ3) is 16.8. The van der Waals surface area contributed by atoms with Gasteiger partial charge in [-0.3, -0.25) is 9.80 Å². The molecule has 0 bridgehead atoms. The Hall–Kier alpha value is -4.52. The van der Waals surface area contributed by atoms with E-state index in [4.69, 9.17) is 0 Å². The van der Waals surface area contributed by atoms with Crippen molar-refractivity contribution < 1.29 is 20.4 Å². The van der Waals surface area contributed by atoms with Gasteiger partial charge < -0.3 is 20.4 Å². The van der Waals surface area contributed by atoms with Crippen LogP contribution in [0.5, 0.6) is 23.0 Å². The lowest BCUT2D eigenvalue weighted by Gasteiger charge is -2.31. The van der Waals surface area contributed by atoms with Crippen LogP contribution in [0.2, 0.25) is 0 Å². The second kappa shape index (κ2) is 27.5. The number of aryl methyl sites for hydroxylation is 3. The average Bonchev–Trinajstić information content (AvgIpc) is 3.30. The van der Waals surface area contributed by atoms with E-state index in [1.165, 1.54) is 16.7 Å². The molecule has 1 atom stereocenters. The Labute approximate surface area is 433 Å². The minimum absolute atomic E-state index is 0.264. The number of hydrogen-bond donors (Lipinski definition) is 4. The molecule has 0 fully saturated rings. The van der Waals surface area contributed by atoms with Crippen molar-refractivity contribution in [1.29, 1.82) is 0 Å². The highest BCUT2D eigenvalue weighted by atomic mass is 16.3. The number of phenols is 4. The van der Waals surface area contributed by atoms with Crippen molar-refractivity contribution in [3.8, 4) is 23.0 Å². The van der Waals surface area contributed by atoms with Crippen molar-refractivity contribution in [1.82, 2.24) is 9.80 Å². The van der Waals surface area contributed by atoms with Crippen LogP contribution < -0.4 is 0 Å². The Bertz CT molecular complexity index is 2360. The van der Waals surface area contributed by atoms with Gasteiger partial charge >= 0.3 is 0 Å². The number of unbranched alkanes of at least 4 members (excludes halogenated alkanes) is 3. The molecule has 392 valence electrons. The molecule has 6 nitrogen and oxygen atoms in total. The Morgan fingerprint density at radius 1 is 0.479 bits per heavy atom. The predicted octanol–water partition coefficient (Wildman–Crippen LogP) is 17.4. The van der Waals surface area contributed by atoms with Crippen LogP contribution in [-0.4, -0.2) is 43.3 Å². The normalized spacial score (nSPS) is 12.6. The van der Waals surface area contributed by atoms with Crippen molar-refractivity contribution >= 4 is 11.1 Å². The van der Waals surface area contributed by atoms with Gasteiger partial charge in [-0.2, -0.15) is 0 Å². The minimum atomic E-state index is -0.317. The lowest BCUT2D eigenvalue weighted by atomic mass is 9.82. The van der Waals surface area contributed by atoms with Crippen molar-refractivity contribution in [2.75, 3.05) is 13.1 Å². The number of rotatable bonds is 29. The van der Waals surface area contributed by atoms with Gasteiger partial charge in [-0.05, 0) is 137 Å². The van der Waals surface area contributed by atoms with Crippen LogP contribution in [0.3, 0.4) is 0 Å². The first-order valence-electron chi connectivity index (χ1n) is 27.8. The highest BCUT2D eigenvalue weighted by molar-refractivity contribution is 5.71. The molecule has 0 aromatic heterocycles. The molecule has 6 heteroatoms. The first-order chi connectivity index (χ1) is 33.6. The van der Waals surface area contributed by atoms with E-state index in [-0.39, 0.29) is 16.6 Å². The molecule has 0 heterocycles. The quantitative estimate of drug-likeness (QED) is 0.0434. The maximum Gasteiger partial charge on any atom is 0.127 e. The van der Waals surface area contributed by atoms with Gasteiger partial charge in [-0.15, -0.1) is 0 Å². The number of phenolic OH excluding ortho intramolecular Hbond substituents is 4. The summed E-state index contributed by atoms with van der Waals surface area (Å²) >= 11 is 0. The van der Waals surface area contributed by atoms with E-state index in [1.807, 2.05) is 0 Å². The summed E-state index contributed by atoms with van der Waals surface area (Å²) in [5.41, 5.74) is 13.3. The Morgan fingerprint density at radius 2 is 0.915 bits per heavy atom. The zero-order valence-electron chi connectivity index (χ0n) is 47.1. The monoisotopic (exact) mass is 971 g/mol. The number of nitrogens with zero attached hydrogens (tertiary/aromatic N) is 2. The number of aromatic hydroxyl groups is 4. The van der Waals surface area contributed by atoms with Gasteiger partial charge in [0.25, 0.3) is 0 Å². The Kier molecular flexibility index (Phi) is 22.9. The van der Waals surface area contributed by atoms with Gasteiger partial charge in [-0.25, -0.2) is 0 Å². The Balaban J connectivity index is 1.99. The lowest BCUT2D eigenvalue weighted by molar-refractivity contribution is 0.178. The van der Waals surface area contributed by atoms with Crippen LogP contribution >= 0.6 is 0 Å². The molecule has 4 rings (SSSR count). The topological polar surface area (TPSA) is 87.4 Å². The minimum Gasteiger partial charge on any atom is -0.507 e. The van der Waals surface area contributed by atoms with Crippen LogP contribution in [0.15, 0.2) is 61.7 Å². The van der Waals surface area contributed by atoms with Gasteiger partial charge in [0.1, 0.15) is 23.0 Å². The first kappa shape index (κ1) is 59.0. The summed E-state index contributed by atoms with van der Waals surface area (Å²) in [6, 6.07) is 17.5. The summed E-state index contributed by atoms with van der Waals surface area (Å²) in [5, 5.41) is 48.9. The summed E-state index contributed by atoms with van der Waals surface area (Å²) < 4.78 is 0. The van der Waals surface area contributed by atoms with Gasteiger partial charge in [0.15, 0.2) is 0 Å². The van der Waals surface area contributed by atoms with E-state index in [9.17, 15) is 20.4 Å². The third-order valence-electron chi connectivity index (χ3n) is 14.5. The van der Waals surface area contributed by atoms with Crippen molar-refractivity contribution in [3.05, 3.63) is 128 Å². The zero-order valence-corrected chi connectivity index (χ0v) is 47.1. The molecule has 0 radical (unpaired) electrons. The number of hydrogen-bond acceptors (Lipinski definition) is 6. The maximum absolute atomic E-state index is 12.3. The largest absolute Gasteiger partial charge is 0.507 e. The van der Waals surface area contributed by atoms with Gasteiger partial charge in [0.05, 0.1) is 0 Å². The first-order valence-corrected chi connectivity index (χ1v) is 27.8. The molecule has 0 saturated heterocycles. The van der Waals surface area contributed by atoms with Crippen LogP contribution in [0.1, 0.15) is 240 Å². The molecule has 0 saturated carbocycles. The standard InChI is InChI=1S/C65H98N2O4/c1-16-22-28-48-33-50(30-24-18-3)60(68)53(34-48)41-66(42-54-35-49(29-23-17-2)36-58(62(54)70)64(10,11)12)31-32-67(44-56-38-52(46(8)26-20-5)40-59(63(56)71)65(13,14)15)43-55-37-51(45(7)25-19-4)39-57(61(55)69)47(9)27-21-6/h33-40,45,68-71H,8-9,16-32,41-44H2,1-7,10-15H3. The fraction of sp³-hybridized carbons (Fsp3) is 0.569. The van der Waals surface area contributed by atoms with Crippen molar-refractivity contribution in [2.45, 2.75) is 229 Å². The van der Waals surface area contributed by atoms with Crippen LogP contribution in [0, 0.1) is 0 Å². The second-order valence-corrected chi connectivity index (χ2v) is 23.2. The van der Waals surface area contributed by atoms with Crippen LogP contribution in [0.4, 0.5) is 0 Å². The van der Waals surface area contributed by atoms with Gasteiger partial charge in [-0.1, -0.05) is 172 Å². The molecule has 4 aromatic carbocycles. The molecular formula is C65H98N2O4. The predicted molar refractivity (Wildman–Crippen MR) is 305 cm³/mol. The SMILES string of the molecule is C=C(CCC)c1cc(CN(CCN(Cc2cc(CCCC)cc(CCCC)c2O)Cc2cc(CCCC)cc(C(C)(C)C)c2O)Cc2cc(C(C)CCC)cc(C(=C)CCC)c2O)c(O)c(C(C)(C)C)c1. The fourth-order valence-electron chi connectivity index (χ4n) is 10.2. The molecular weight excluding hydrogens is 873 g/mol. The molecule has 71 heavy (non-hydrogen) atoms. The summed E-state index contributed by atoms with van der Waals surface area (Å²) in [6.45, 7) is 40.4. The summed E-state index contributed by atoms with van der Waals surface area (Å²) in [7, 11) is 0. The molecule has 4 aromatic rings. The van der Waals surface area contributed by atoms with Crippen molar-refractivity contribution in [3.63, 3.8) is 0 Å². The van der Waals surface area contributed by atoms with E-state index in [0.717, 1.165) is 158 Å². The maximum atomic E-state index is 12.3. The van der Waals surface area contributed by atoms with Gasteiger partial charge in [0.2, 0.25) is 0 Å². The van der Waals surface area contributed by atoms with Gasteiger partial charge in [0, 0.05) is 72.6 Å². The molecule has 0 aliphatic carbocycles. The van der Waals surface area contributed by atoms with E-state index in [2.05, 4.69) is 161 Å². The molecule has 0 aliphatic heterocycles.